The van der Waals surface area contributed by atoms with Gasteiger partial charge in [0, 0.05) is 16.1 Å². The molecular weight excluding hydrogens is 257 g/mol. The summed E-state index contributed by atoms with van der Waals surface area (Å²) in [4.78, 5) is 0. The molecule has 96 valence electrons. The van der Waals surface area contributed by atoms with Crippen LogP contribution in [0.2, 0.25) is 10.0 Å². The van der Waals surface area contributed by atoms with Crippen molar-refractivity contribution in [1.82, 2.24) is 5.32 Å². The first-order valence-electron chi connectivity index (χ1n) is 5.77. The molecule has 1 aromatic carbocycles. The molecule has 0 aliphatic heterocycles. The number of hydrogen-bond donors (Lipinski definition) is 2. The van der Waals surface area contributed by atoms with Crippen molar-refractivity contribution in [1.29, 1.82) is 0 Å². The molecular formula is C13H19Cl2NO. The van der Waals surface area contributed by atoms with Crippen LogP contribution in [0.15, 0.2) is 18.2 Å². The van der Waals surface area contributed by atoms with Gasteiger partial charge < -0.3 is 10.4 Å². The average molecular weight is 276 g/mol. The van der Waals surface area contributed by atoms with Crippen LogP contribution in [-0.2, 0) is 5.54 Å². The molecule has 17 heavy (non-hydrogen) atoms. The Balaban J connectivity index is 3.10. The Bertz CT molecular complexity index is 384. The Kier molecular flexibility index (Phi) is 5.26. The number of aliphatic hydroxyl groups excluding tert-OH is 1. The zero-order valence-electron chi connectivity index (χ0n) is 10.4. The molecule has 0 saturated carbocycles. The van der Waals surface area contributed by atoms with Crippen molar-refractivity contribution >= 4 is 23.2 Å². The fraction of sp³-hybridized carbons (Fsp3) is 0.538. The third-order valence-electron chi connectivity index (χ3n) is 3.02. The molecule has 0 aliphatic carbocycles. The summed E-state index contributed by atoms with van der Waals surface area (Å²) in [6.07, 6.45) is 0.980. The first-order chi connectivity index (χ1) is 7.92. The van der Waals surface area contributed by atoms with Crippen molar-refractivity contribution < 1.29 is 5.11 Å². The molecule has 2 N–H and O–H groups in total. The third-order valence-corrected chi connectivity index (χ3v) is 3.58. The van der Waals surface area contributed by atoms with Crippen LogP contribution >= 0.6 is 23.2 Å². The molecule has 0 spiro atoms. The van der Waals surface area contributed by atoms with E-state index < -0.39 is 5.54 Å². The highest BCUT2D eigenvalue weighted by Crippen LogP contribution is 2.30. The molecule has 0 aromatic heterocycles. The maximum Gasteiger partial charge on any atom is 0.0657 e. The number of hydrogen-bond acceptors (Lipinski definition) is 2. The van der Waals surface area contributed by atoms with Gasteiger partial charge in [0.25, 0.3) is 0 Å². The molecule has 0 radical (unpaired) electrons. The summed E-state index contributed by atoms with van der Waals surface area (Å²) in [7, 11) is 0. The smallest absolute Gasteiger partial charge is 0.0657 e. The number of nitrogens with one attached hydrogen (secondary N) is 1. The number of aliphatic hydroxyl groups is 1. The van der Waals surface area contributed by atoms with Crippen LogP contribution < -0.4 is 5.32 Å². The lowest BCUT2D eigenvalue weighted by Gasteiger charge is -2.33. The van der Waals surface area contributed by atoms with E-state index in [1.54, 1.807) is 18.2 Å². The van der Waals surface area contributed by atoms with E-state index in [0.29, 0.717) is 16.1 Å². The van der Waals surface area contributed by atoms with Gasteiger partial charge in [0.2, 0.25) is 0 Å². The second kappa shape index (κ2) is 6.05. The van der Waals surface area contributed by atoms with Crippen LogP contribution in [0.5, 0.6) is 0 Å². The SMILES string of the molecule is CCC(C)NC(C)(CO)c1cc(Cl)ccc1Cl. The van der Waals surface area contributed by atoms with Crippen LogP contribution in [0.25, 0.3) is 0 Å². The minimum atomic E-state index is -0.572. The molecule has 0 aliphatic rings. The van der Waals surface area contributed by atoms with Gasteiger partial charge in [-0.2, -0.15) is 0 Å². The topological polar surface area (TPSA) is 32.3 Å². The fourth-order valence-corrected chi connectivity index (χ4v) is 2.27. The van der Waals surface area contributed by atoms with Gasteiger partial charge in [-0.1, -0.05) is 30.1 Å². The van der Waals surface area contributed by atoms with E-state index in [0.717, 1.165) is 12.0 Å². The normalized spacial score (nSPS) is 16.6. The van der Waals surface area contributed by atoms with Gasteiger partial charge in [-0.25, -0.2) is 0 Å². The van der Waals surface area contributed by atoms with Gasteiger partial charge in [0.1, 0.15) is 0 Å². The van der Waals surface area contributed by atoms with Crippen molar-refractivity contribution in [3.05, 3.63) is 33.8 Å². The monoisotopic (exact) mass is 275 g/mol. The molecule has 0 heterocycles. The molecule has 2 unspecified atom stereocenters. The Morgan fingerprint density at radius 2 is 2.06 bits per heavy atom. The zero-order chi connectivity index (χ0) is 13.1. The largest absolute Gasteiger partial charge is 0.394 e. The van der Waals surface area contributed by atoms with E-state index in [2.05, 4.69) is 19.2 Å². The standard InChI is InChI=1S/C13H19Cl2NO/c1-4-9(2)16-13(3,8-17)11-7-10(14)5-6-12(11)15/h5-7,9,16-17H,4,8H2,1-3H3. The summed E-state index contributed by atoms with van der Waals surface area (Å²) in [6.45, 7) is 6.06. The quantitative estimate of drug-likeness (QED) is 0.861. The van der Waals surface area contributed by atoms with Gasteiger partial charge in [0.05, 0.1) is 12.1 Å². The predicted molar refractivity (Wildman–Crippen MR) is 73.8 cm³/mol. The van der Waals surface area contributed by atoms with Gasteiger partial charge in [0.15, 0.2) is 0 Å². The Morgan fingerprint density at radius 1 is 1.41 bits per heavy atom. The van der Waals surface area contributed by atoms with Crippen molar-refractivity contribution in [3.63, 3.8) is 0 Å². The third kappa shape index (κ3) is 3.59. The Hall–Kier alpha value is -0.280. The van der Waals surface area contributed by atoms with Crippen molar-refractivity contribution in [2.24, 2.45) is 0 Å². The lowest BCUT2D eigenvalue weighted by Crippen LogP contribution is -2.47. The van der Waals surface area contributed by atoms with Crippen molar-refractivity contribution in [2.75, 3.05) is 6.61 Å². The predicted octanol–water partition coefficient (Wildman–Crippen LogP) is 3.59. The van der Waals surface area contributed by atoms with E-state index in [1.165, 1.54) is 0 Å². The number of benzene rings is 1. The molecule has 1 rings (SSSR count). The van der Waals surface area contributed by atoms with E-state index in [9.17, 15) is 5.11 Å². The lowest BCUT2D eigenvalue weighted by atomic mass is 9.91. The molecule has 0 saturated heterocycles. The van der Waals surface area contributed by atoms with Gasteiger partial charge in [-0.3, -0.25) is 0 Å². The highest BCUT2D eigenvalue weighted by molar-refractivity contribution is 6.33. The number of halogens is 2. The van der Waals surface area contributed by atoms with Crippen LogP contribution in [0.3, 0.4) is 0 Å². The number of rotatable bonds is 5. The molecule has 4 heteroatoms. The summed E-state index contributed by atoms with van der Waals surface area (Å²) < 4.78 is 0. The zero-order valence-corrected chi connectivity index (χ0v) is 11.9. The van der Waals surface area contributed by atoms with E-state index in [4.69, 9.17) is 23.2 Å². The van der Waals surface area contributed by atoms with Crippen molar-refractivity contribution in [2.45, 2.75) is 38.8 Å². The van der Waals surface area contributed by atoms with Crippen LogP contribution in [0.4, 0.5) is 0 Å². The fourth-order valence-electron chi connectivity index (χ4n) is 1.77. The van der Waals surface area contributed by atoms with Crippen molar-refractivity contribution in [3.8, 4) is 0 Å². The summed E-state index contributed by atoms with van der Waals surface area (Å²) in [5.41, 5.74) is 0.256. The first-order valence-corrected chi connectivity index (χ1v) is 6.52. The average Bonchev–Trinajstić information content (AvgIpc) is 2.31. The minimum Gasteiger partial charge on any atom is -0.394 e. The van der Waals surface area contributed by atoms with E-state index >= 15 is 0 Å². The highest BCUT2D eigenvalue weighted by Gasteiger charge is 2.29. The molecule has 0 fully saturated rings. The molecule has 2 nitrogen and oxygen atoms in total. The Labute approximate surface area is 113 Å². The van der Waals surface area contributed by atoms with Gasteiger partial charge >= 0.3 is 0 Å². The summed E-state index contributed by atoms with van der Waals surface area (Å²) in [5.74, 6) is 0. The summed E-state index contributed by atoms with van der Waals surface area (Å²) in [5, 5.41) is 14.3. The van der Waals surface area contributed by atoms with E-state index in [1.807, 2.05) is 6.92 Å². The summed E-state index contributed by atoms with van der Waals surface area (Å²) in [6, 6.07) is 5.59. The molecule has 1 aromatic rings. The van der Waals surface area contributed by atoms with Crippen LogP contribution in [-0.4, -0.2) is 17.8 Å². The summed E-state index contributed by atoms with van der Waals surface area (Å²) >= 11 is 12.2. The minimum absolute atomic E-state index is 0.0304. The molecule has 0 bridgehead atoms. The van der Waals surface area contributed by atoms with Crippen LogP contribution in [0.1, 0.15) is 32.8 Å². The van der Waals surface area contributed by atoms with Gasteiger partial charge in [-0.15, -0.1) is 0 Å². The second-order valence-corrected chi connectivity index (χ2v) is 5.41. The maximum absolute atomic E-state index is 9.63. The second-order valence-electron chi connectivity index (χ2n) is 4.57. The van der Waals surface area contributed by atoms with Crippen LogP contribution in [0, 0.1) is 0 Å². The lowest BCUT2D eigenvalue weighted by molar-refractivity contribution is 0.162. The van der Waals surface area contributed by atoms with Gasteiger partial charge in [-0.05, 0) is 44.0 Å². The highest BCUT2D eigenvalue weighted by atomic mass is 35.5. The Morgan fingerprint density at radius 3 is 2.59 bits per heavy atom. The first kappa shape index (κ1) is 14.8. The molecule has 2 atom stereocenters. The maximum atomic E-state index is 9.63. The molecule has 0 amide bonds. The van der Waals surface area contributed by atoms with E-state index in [-0.39, 0.29) is 6.61 Å².